The van der Waals surface area contributed by atoms with Crippen LogP contribution in [-0.2, 0) is 4.79 Å². The summed E-state index contributed by atoms with van der Waals surface area (Å²) in [4.78, 5) is 23.9. The summed E-state index contributed by atoms with van der Waals surface area (Å²) < 4.78 is 11.3. The Balaban J connectivity index is 1.40. The third-order valence-electron chi connectivity index (χ3n) is 4.01. The molecule has 1 atom stereocenters. The molecule has 27 heavy (non-hydrogen) atoms. The molecule has 0 fully saturated rings. The van der Waals surface area contributed by atoms with E-state index in [2.05, 4.69) is 16.0 Å². The third kappa shape index (κ3) is 5.04. The topological polar surface area (TPSA) is 88.7 Å². The number of hydrogen-bond donors (Lipinski definition) is 3. The highest BCUT2D eigenvalue weighted by Gasteiger charge is 2.21. The summed E-state index contributed by atoms with van der Waals surface area (Å²) in [5.41, 5.74) is 1.38. The Bertz CT molecular complexity index is 843. The van der Waals surface area contributed by atoms with Crippen molar-refractivity contribution in [3.63, 3.8) is 0 Å². The van der Waals surface area contributed by atoms with Crippen LogP contribution in [0, 0.1) is 6.92 Å². The SMILES string of the molecule is Cc1c(Cl)cccc1NC(=O)CNC(=O)NCC1COc2ccccc2O1. The first-order valence-electron chi connectivity index (χ1n) is 8.48. The van der Waals surface area contributed by atoms with Crippen molar-refractivity contribution < 1.29 is 19.1 Å². The van der Waals surface area contributed by atoms with Crippen LogP contribution in [0.4, 0.5) is 10.5 Å². The van der Waals surface area contributed by atoms with Crippen LogP contribution in [-0.4, -0.2) is 37.7 Å². The predicted octanol–water partition coefficient (Wildman–Crippen LogP) is 2.73. The molecule has 1 heterocycles. The largest absolute Gasteiger partial charge is 0.486 e. The molecular formula is C19H20ClN3O4. The Morgan fingerprint density at radius 1 is 1.11 bits per heavy atom. The zero-order chi connectivity index (χ0) is 19.2. The lowest BCUT2D eigenvalue weighted by molar-refractivity contribution is -0.115. The number of amides is 3. The van der Waals surface area contributed by atoms with Crippen molar-refractivity contribution in [3.05, 3.63) is 53.1 Å². The molecule has 0 saturated heterocycles. The molecule has 3 amide bonds. The summed E-state index contributed by atoms with van der Waals surface area (Å²) >= 11 is 6.02. The van der Waals surface area contributed by atoms with Crippen molar-refractivity contribution in [2.75, 3.05) is 25.0 Å². The fourth-order valence-corrected chi connectivity index (χ4v) is 2.71. The van der Waals surface area contributed by atoms with Crippen molar-refractivity contribution in [1.29, 1.82) is 0 Å². The van der Waals surface area contributed by atoms with Gasteiger partial charge in [-0.15, -0.1) is 0 Å². The number of carbonyl (C=O) groups excluding carboxylic acids is 2. The maximum absolute atomic E-state index is 12.0. The van der Waals surface area contributed by atoms with Crippen molar-refractivity contribution in [1.82, 2.24) is 10.6 Å². The van der Waals surface area contributed by atoms with E-state index in [0.717, 1.165) is 5.56 Å². The van der Waals surface area contributed by atoms with Gasteiger partial charge in [0, 0.05) is 10.7 Å². The van der Waals surface area contributed by atoms with Crippen LogP contribution in [0.1, 0.15) is 5.56 Å². The van der Waals surface area contributed by atoms with Gasteiger partial charge in [0.2, 0.25) is 5.91 Å². The van der Waals surface area contributed by atoms with E-state index < -0.39 is 6.03 Å². The fourth-order valence-electron chi connectivity index (χ4n) is 2.53. The molecule has 0 bridgehead atoms. The molecule has 0 aromatic heterocycles. The first kappa shape index (κ1) is 18.8. The Labute approximate surface area is 162 Å². The Morgan fingerprint density at radius 3 is 2.70 bits per heavy atom. The maximum Gasteiger partial charge on any atom is 0.315 e. The number of nitrogens with one attached hydrogen (secondary N) is 3. The van der Waals surface area contributed by atoms with Crippen LogP contribution in [0.15, 0.2) is 42.5 Å². The van der Waals surface area contributed by atoms with Gasteiger partial charge in [-0.25, -0.2) is 4.79 Å². The average Bonchev–Trinajstić information content (AvgIpc) is 2.68. The van der Waals surface area contributed by atoms with Gasteiger partial charge in [-0.3, -0.25) is 4.79 Å². The predicted molar refractivity (Wildman–Crippen MR) is 103 cm³/mol. The number of urea groups is 1. The fraction of sp³-hybridized carbons (Fsp3) is 0.263. The van der Waals surface area contributed by atoms with Gasteiger partial charge in [-0.2, -0.15) is 0 Å². The molecule has 1 aliphatic rings. The lowest BCUT2D eigenvalue weighted by Gasteiger charge is -2.26. The summed E-state index contributed by atoms with van der Waals surface area (Å²) in [5, 5.41) is 8.45. The average molecular weight is 390 g/mol. The van der Waals surface area contributed by atoms with Crippen LogP contribution in [0.2, 0.25) is 5.02 Å². The minimum atomic E-state index is -0.463. The van der Waals surface area contributed by atoms with Gasteiger partial charge in [-0.05, 0) is 36.8 Å². The van der Waals surface area contributed by atoms with E-state index in [0.29, 0.717) is 28.8 Å². The zero-order valence-electron chi connectivity index (χ0n) is 14.8. The molecular weight excluding hydrogens is 370 g/mol. The van der Waals surface area contributed by atoms with Gasteiger partial charge < -0.3 is 25.4 Å². The number of halogens is 1. The minimum absolute atomic E-state index is 0.164. The van der Waals surface area contributed by atoms with Crippen molar-refractivity contribution in [2.24, 2.45) is 0 Å². The number of para-hydroxylation sites is 2. The quantitative estimate of drug-likeness (QED) is 0.733. The Kier molecular flexibility index (Phi) is 6.03. The van der Waals surface area contributed by atoms with Gasteiger partial charge in [0.25, 0.3) is 0 Å². The summed E-state index contributed by atoms with van der Waals surface area (Å²) in [5.74, 6) is 0.986. The normalized spacial score (nSPS) is 15.0. The van der Waals surface area contributed by atoms with Crippen LogP contribution < -0.4 is 25.4 Å². The molecule has 0 saturated carbocycles. The summed E-state index contributed by atoms with van der Waals surface area (Å²) in [6.07, 6.45) is -0.298. The van der Waals surface area contributed by atoms with Gasteiger partial charge in [0.05, 0.1) is 13.1 Å². The molecule has 0 radical (unpaired) electrons. The van der Waals surface area contributed by atoms with E-state index in [9.17, 15) is 9.59 Å². The number of benzene rings is 2. The minimum Gasteiger partial charge on any atom is -0.486 e. The summed E-state index contributed by atoms with van der Waals surface area (Å²) in [6, 6.07) is 12.1. The highest BCUT2D eigenvalue weighted by atomic mass is 35.5. The van der Waals surface area contributed by atoms with Gasteiger partial charge in [-0.1, -0.05) is 29.8 Å². The Morgan fingerprint density at radius 2 is 1.89 bits per heavy atom. The summed E-state index contributed by atoms with van der Waals surface area (Å²) in [7, 11) is 0. The second kappa shape index (κ2) is 8.64. The molecule has 7 nitrogen and oxygen atoms in total. The van der Waals surface area contributed by atoms with Gasteiger partial charge in [0.15, 0.2) is 17.6 Å². The molecule has 3 rings (SSSR count). The number of ether oxygens (including phenoxy) is 2. The number of hydrogen-bond acceptors (Lipinski definition) is 4. The number of rotatable bonds is 5. The zero-order valence-corrected chi connectivity index (χ0v) is 15.5. The number of fused-ring (bicyclic) bond motifs is 1. The van der Waals surface area contributed by atoms with Crippen molar-refractivity contribution in [2.45, 2.75) is 13.0 Å². The van der Waals surface area contributed by atoms with Crippen LogP contribution >= 0.6 is 11.6 Å². The van der Waals surface area contributed by atoms with Crippen LogP contribution in [0.5, 0.6) is 11.5 Å². The van der Waals surface area contributed by atoms with E-state index >= 15 is 0 Å². The molecule has 1 aliphatic heterocycles. The van der Waals surface area contributed by atoms with E-state index in [4.69, 9.17) is 21.1 Å². The molecule has 2 aromatic carbocycles. The summed E-state index contributed by atoms with van der Waals surface area (Å²) in [6.45, 7) is 2.24. The van der Waals surface area contributed by atoms with E-state index in [1.807, 2.05) is 31.2 Å². The first-order valence-corrected chi connectivity index (χ1v) is 8.86. The molecule has 1 unspecified atom stereocenters. The van der Waals surface area contributed by atoms with Crippen molar-refractivity contribution in [3.8, 4) is 11.5 Å². The van der Waals surface area contributed by atoms with E-state index in [1.165, 1.54) is 0 Å². The highest BCUT2D eigenvalue weighted by Crippen LogP contribution is 2.30. The monoisotopic (exact) mass is 389 g/mol. The lowest BCUT2D eigenvalue weighted by Crippen LogP contribution is -2.46. The number of carbonyl (C=O) groups is 2. The molecule has 3 N–H and O–H groups in total. The standard InChI is InChI=1S/C19H20ClN3O4/c1-12-14(20)5-4-6-15(12)23-18(24)10-22-19(25)21-9-13-11-26-16-7-2-3-8-17(16)27-13/h2-8,13H,9-11H2,1H3,(H,23,24)(H2,21,22,25). The molecule has 0 aliphatic carbocycles. The van der Waals surface area contributed by atoms with E-state index in [-0.39, 0.29) is 25.1 Å². The van der Waals surface area contributed by atoms with Crippen LogP contribution in [0.25, 0.3) is 0 Å². The first-order chi connectivity index (χ1) is 13.0. The van der Waals surface area contributed by atoms with Gasteiger partial charge in [0.1, 0.15) is 6.61 Å². The second-order valence-electron chi connectivity index (χ2n) is 6.02. The molecule has 2 aromatic rings. The second-order valence-corrected chi connectivity index (χ2v) is 6.43. The van der Waals surface area contributed by atoms with Crippen LogP contribution in [0.3, 0.4) is 0 Å². The van der Waals surface area contributed by atoms with Gasteiger partial charge >= 0.3 is 6.03 Å². The lowest BCUT2D eigenvalue weighted by atomic mass is 10.2. The molecule has 8 heteroatoms. The highest BCUT2D eigenvalue weighted by molar-refractivity contribution is 6.31. The maximum atomic E-state index is 12.0. The smallest absolute Gasteiger partial charge is 0.315 e. The molecule has 0 spiro atoms. The Hall–Kier alpha value is -2.93. The van der Waals surface area contributed by atoms with E-state index in [1.54, 1.807) is 18.2 Å². The molecule has 142 valence electrons. The number of anilines is 1. The van der Waals surface area contributed by atoms with Crippen molar-refractivity contribution >= 4 is 29.2 Å². The third-order valence-corrected chi connectivity index (χ3v) is 4.42.